The van der Waals surface area contributed by atoms with Crippen LogP contribution in [0, 0.1) is 19.8 Å². The highest BCUT2D eigenvalue weighted by Crippen LogP contribution is 2.19. The second kappa shape index (κ2) is 10.1. The van der Waals surface area contributed by atoms with Gasteiger partial charge in [-0.25, -0.2) is 0 Å². The van der Waals surface area contributed by atoms with Crippen LogP contribution in [0.25, 0.3) is 0 Å². The number of para-hydroxylation sites is 1. The molecule has 154 valence electrons. The van der Waals surface area contributed by atoms with Crippen LogP contribution >= 0.6 is 11.6 Å². The van der Waals surface area contributed by atoms with Crippen molar-refractivity contribution >= 4 is 35.0 Å². The van der Waals surface area contributed by atoms with Crippen LogP contribution in [0.3, 0.4) is 0 Å². The molecule has 3 N–H and O–H groups in total. The molecule has 1 unspecified atom stereocenters. The number of halogens is 1. The zero-order valence-electron chi connectivity index (χ0n) is 17.0. The lowest BCUT2D eigenvalue weighted by molar-refractivity contribution is -0.126. The molecule has 0 fully saturated rings. The van der Waals surface area contributed by atoms with Gasteiger partial charge in [0, 0.05) is 5.69 Å². The second-order valence-electron chi connectivity index (χ2n) is 7.21. The van der Waals surface area contributed by atoms with E-state index >= 15 is 0 Å². The third-order valence-electron chi connectivity index (χ3n) is 4.52. The number of rotatable bonds is 7. The molecule has 29 heavy (non-hydrogen) atoms. The Morgan fingerprint density at radius 3 is 2.17 bits per heavy atom. The van der Waals surface area contributed by atoms with Crippen molar-refractivity contribution in [3.8, 4) is 0 Å². The lowest BCUT2D eigenvalue weighted by atomic mass is 10.0. The van der Waals surface area contributed by atoms with Gasteiger partial charge in [-0.3, -0.25) is 14.4 Å². The van der Waals surface area contributed by atoms with E-state index in [-0.39, 0.29) is 18.4 Å². The molecule has 0 radical (unpaired) electrons. The summed E-state index contributed by atoms with van der Waals surface area (Å²) in [5, 5.41) is 8.42. The molecule has 3 amide bonds. The highest BCUT2D eigenvalue weighted by molar-refractivity contribution is 6.33. The number of carbonyl (C=O) groups excluding carboxylic acids is 3. The second-order valence-corrected chi connectivity index (χ2v) is 7.61. The van der Waals surface area contributed by atoms with E-state index in [0.717, 1.165) is 16.8 Å². The largest absolute Gasteiger partial charge is 0.345 e. The van der Waals surface area contributed by atoms with Gasteiger partial charge in [-0.05, 0) is 43.0 Å². The van der Waals surface area contributed by atoms with Crippen LogP contribution in [0.15, 0.2) is 42.5 Å². The Bertz CT molecular complexity index is 892. The molecule has 0 aromatic heterocycles. The Kier molecular flexibility index (Phi) is 7.79. The summed E-state index contributed by atoms with van der Waals surface area (Å²) in [6, 6.07) is 11.5. The predicted octanol–water partition coefficient (Wildman–Crippen LogP) is 3.47. The third-order valence-corrected chi connectivity index (χ3v) is 4.85. The van der Waals surface area contributed by atoms with Gasteiger partial charge < -0.3 is 16.0 Å². The lowest BCUT2D eigenvalue weighted by Gasteiger charge is -2.22. The SMILES string of the molecule is Cc1cccc(C)c1NC(=O)CNC(=O)C(NC(=O)c1ccccc1Cl)C(C)C. The van der Waals surface area contributed by atoms with Crippen molar-refractivity contribution in [1.82, 2.24) is 10.6 Å². The molecule has 2 aromatic carbocycles. The standard InChI is InChI=1S/C22H26ClN3O3/c1-13(2)19(26-21(28)16-10-5-6-11-17(16)23)22(29)24-12-18(27)25-20-14(3)8-7-9-15(20)4/h5-11,13,19H,12H2,1-4H3,(H,24,29)(H,25,27)(H,26,28). The Hall–Kier alpha value is -2.86. The number of hydrogen-bond donors (Lipinski definition) is 3. The van der Waals surface area contributed by atoms with Crippen molar-refractivity contribution in [2.24, 2.45) is 5.92 Å². The van der Waals surface area contributed by atoms with E-state index in [1.54, 1.807) is 24.3 Å². The van der Waals surface area contributed by atoms with Gasteiger partial charge in [-0.15, -0.1) is 0 Å². The van der Waals surface area contributed by atoms with E-state index in [4.69, 9.17) is 11.6 Å². The van der Waals surface area contributed by atoms with Crippen LogP contribution in [0.2, 0.25) is 5.02 Å². The first-order valence-corrected chi connectivity index (χ1v) is 9.77. The fourth-order valence-corrected chi connectivity index (χ4v) is 3.09. The van der Waals surface area contributed by atoms with Crippen LogP contribution in [0.4, 0.5) is 5.69 Å². The van der Waals surface area contributed by atoms with E-state index in [2.05, 4.69) is 16.0 Å². The zero-order chi connectivity index (χ0) is 21.6. The average Bonchev–Trinajstić information content (AvgIpc) is 2.67. The molecule has 0 saturated heterocycles. The fraction of sp³-hybridized carbons (Fsp3) is 0.318. The quantitative estimate of drug-likeness (QED) is 0.647. The van der Waals surface area contributed by atoms with Crippen molar-refractivity contribution in [2.45, 2.75) is 33.7 Å². The van der Waals surface area contributed by atoms with Gasteiger partial charge in [-0.1, -0.05) is 55.8 Å². The maximum Gasteiger partial charge on any atom is 0.253 e. The Labute approximate surface area is 176 Å². The maximum absolute atomic E-state index is 12.6. The fourth-order valence-electron chi connectivity index (χ4n) is 2.87. The molecular weight excluding hydrogens is 390 g/mol. The van der Waals surface area contributed by atoms with E-state index in [0.29, 0.717) is 10.6 Å². The van der Waals surface area contributed by atoms with Gasteiger partial charge in [0.25, 0.3) is 5.91 Å². The number of carbonyl (C=O) groups is 3. The Morgan fingerprint density at radius 2 is 1.59 bits per heavy atom. The Balaban J connectivity index is 1.98. The van der Waals surface area contributed by atoms with Gasteiger partial charge in [0.1, 0.15) is 6.04 Å². The molecule has 1 atom stereocenters. The first-order valence-electron chi connectivity index (χ1n) is 9.40. The van der Waals surface area contributed by atoms with Crippen molar-refractivity contribution in [3.63, 3.8) is 0 Å². The molecular formula is C22H26ClN3O3. The molecule has 0 spiro atoms. The minimum atomic E-state index is -0.799. The van der Waals surface area contributed by atoms with Gasteiger partial charge in [0.05, 0.1) is 17.1 Å². The number of amides is 3. The summed E-state index contributed by atoms with van der Waals surface area (Å²) in [4.78, 5) is 37.3. The summed E-state index contributed by atoms with van der Waals surface area (Å²) in [5.41, 5.74) is 2.91. The zero-order valence-corrected chi connectivity index (χ0v) is 17.8. The molecule has 0 heterocycles. The highest BCUT2D eigenvalue weighted by atomic mass is 35.5. The normalized spacial score (nSPS) is 11.7. The first-order chi connectivity index (χ1) is 13.7. The van der Waals surface area contributed by atoms with E-state index < -0.39 is 17.9 Å². The smallest absolute Gasteiger partial charge is 0.253 e. The summed E-state index contributed by atoms with van der Waals surface area (Å²) < 4.78 is 0. The monoisotopic (exact) mass is 415 g/mol. The number of aryl methyl sites for hydroxylation is 2. The van der Waals surface area contributed by atoms with Crippen molar-refractivity contribution < 1.29 is 14.4 Å². The van der Waals surface area contributed by atoms with Crippen LogP contribution in [0.5, 0.6) is 0 Å². The van der Waals surface area contributed by atoms with Gasteiger partial charge in [0.15, 0.2) is 0 Å². The summed E-state index contributed by atoms with van der Waals surface area (Å²) in [6.45, 7) is 7.24. The lowest BCUT2D eigenvalue weighted by Crippen LogP contribution is -2.51. The van der Waals surface area contributed by atoms with Gasteiger partial charge in [-0.2, -0.15) is 0 Å². The molecule has 6 nitrogen and oxygen atoms in total. The van der Waals surface area contributed by atoms with Gasteiger partial charge in [0.2, 0.25) is 11.8 Å². The molecule has 0 aliphatic heterocycles. The summed E-state index contributed by atoms with van der Waals surface area (Å²) in [5.74, 6) is -1.39. The number of nitrogens with one attached hydrogen (secondary N) is 3. The summed E-state index contributed by atoms with van der Waals surface area (Å²) >= 11 is 6.05. The van der Waals surface area contributed by atoms with Crippen LogP contribution in [-0.2, 0) is 9.59 Å². The summed E-state index contributed by atoms with van der Waals surface area (Å²) in [7, 11) is 0. The molecule has 0 aliphatic rings. The number of anilines is 1. The highest BCUT2D eigenvalue weighted by Gasteiger charge is 2.25. The number of hydrogen-bond acceptors (Lipinski definition) is 3. The van der Waals surface area contributed by atoms with Crippen LogP contribution in [-0.4, -0.2) is 30.3 Å². The molecule has 0 saturated carbocycles. The maximum atomic E-state index is 12.6. The molecule has 2 rings (SSSR count). The van der Waals surface area contributed by atoms with Crippen LogP contribution in [0.1, 0.15) is 35.3 Å². The first kappa shape index (κ1) is 22.4. The average molecular weight is 416 g/mol. The van der Waals surface area contributed by atoms with Gasteiger partial charge >= 0.3 is 0 Å². The van der Waals surface area contributed by atoms with Crippen molar-refractivity contribution in [3.05, 3.63) is 64.2 Å². The van der Waals surface area contributed by atoms with Crippen molar-refractivity contribution in [2.75, 3.05) is 11.9 Å². The predicted molar refractivity (Wildman–Crippen MR) is 115 cm³/mol. The molecule has 0 aliphatic carbocycles. The van der Waals surface area contributed by atoms with E-state index in [1.165, 1.54) is 0 Å². The van der Waals surface area contributed by atoms with E-state index in [9.17, 15) is 14.4 Å². The molecule has 2 aromatic rings. The Morgan fingerprint density at radius 1 is 0.966 bits per heavy atom. The van der Waals surface area contributed by atoms with Crippen LogP contribution < -0.4 is 16.0 Å². The minimum Gasteiger partial charge on any atom is -0.345 e. The van der Waals surface area contributed by atoms with E-state index in [1.807, 2.05) is 45.9 Å². The molecule has 0 bridgehead atoms. The number of benzene rings is 2. The minimum absolute atomic E-state index is 0.178. The van der Waals surface area contributed by atoms with Crippen molar-refractivity contribution in [1.29, 1.82) is 0 Å². The third kappa shape index (κ3) is 6.06. The summed E-state index contributed by atoms with van der Waals surface area (Å²) in [6.07, 6.45) is 0. The molecule has 7 heteroatoms. The topological polar surface area (TPSA) is 87.3 Å².